The maximum atomic E-state index is 13.9. The summed E-state index contributed by atoms with van der Waals surface area (Å²) >= 11 is 1.69. The van der Waals surface area contributed by atoms with E-state index in [9.17, 15) is 14.7 Å². The number of aromatic nitrogens is 2. The second-order valence-electron chi connectivity index (χ2n) is 9.22. The summed E-state index contributed by atoms with van der Waals surface area (Å²) in [7, 11) is 0. The maximum absolute atomic E-state index is 13.9. The van der Waals surface area contributed by atoms with Gasteiger partial charge in [0.05, 0.1) is 24.0 Å². The molecule has 0 saturated carbocycles. The first-order valence-corrected chi connectivity index (χ1v) is 12.7. The summed E-state index contributed by atoms with van der Waals surface area (Å²) in [4.78, 5) is 25.8. The summed E-state index contributed by atoms with van der Waals surface area (Å²) in [5, 5.41) is 13.0. The SMILES string of the molecule is Cc1ccc2c(c1)n(C(CCc1ccccc1)CC(=O)O)c(=O)n2Cc1csc2cccc(C)c12. The lowest BCUT2D eigenvalue weighted by Crippen LogP contribution is -2.29. The van der Waals surface area contributed by atoms with E-state index in [1.165, 1.54) is 15.6 Å². The smallest absolute Gasteiger partial charge is 0.329 e. The van der Waals surface area contributed by atoms with Gasteiger partial charge in [-0.1, -0.05) is 48.5 Å². The van der Waals surface area contributed by atoms with Crippen LogP contribution in [0.5, 0.6) is 0 Å². The zero-order chi connectivity index (χ0) is 24.5. The highest BCUT2D eigenvalue weighted by Gasteiger charge is 2.23. The van der Waals surface area contributed by atoms with Crippen LogP contribution in [0.2, 0.25) is 0 Å². The van der Waals surface area contributed by atoms with Crippen molar-refractivity contribution in [2.75, 3.05) is 0 Å². The van der Waals surface area contributed by atoms with Gasteiger partial charge in [-0.05, 0) is 72.5 Å². The third-order valence-electron chi connectivity index (χ3n) is 6.71. The van der Waals surface area contributed by atoms with Crippen molar-refractivity contribution in [3.05, 3.63) is 105 Å². The van der Waals surface area contributed by atoms with Crippen LogP contribution in [-0.2, 0) is 17.8 Å². The van der Waals surface area contributed by atoms with E-state index in [0.717, 1.165) is 27.7 Å². The second-order valence-corrected chi connectivity index (χ2v) is 10.1. The number of aryl methyl sites for hydroxylation is 3. The molecule has 0 amide bonds. The Balaban J connectivity index is 1.61. The quantitative estimate of drug-likeness (QED) is 0.280. The Kier molecular flexibility index (Phi) is 6.31. The predicted molar refractivity (Wildman–Crippen MR) is 143 cm³/mol. The molecule has 5 nitrogen and oxygen atoms in total. The summed E-state index contributed by atoms with van der Waals surface area (Å²) in [5.41, 5.74) is 5.96. The fourth-order valence-electron chi connectivity index (χ4n) is 5.03. The van der Waals surface area contributed by atoms with Gasteiger partial charge in [-0.25, -0.2) is 4.79 Å². The number of benzene rings is 3. The van der Waals surface area contributed by atoms with Crippen LogP contribution in [0.1, 0.15) is 41.1 Å². The van der Waals surface area contributed by atoms with Gasteiger partial charge >= 0.3 is 11.7 Å². The van der Waals surface area contributed by atoms with Crippen LogP contribution in [0, 0.1) is 13.8 Å². The van der Waals surface area contributed by atoms with Crippen molar-refractivity contribution in [2.24, 2.45) is 0 Å². The van der Waals surface area contributed by atoms with Gasteiger partial charge in [0, 0.05) is 16.1 Å². The molecule has 1 N–H and O–H groups in total. The standard InChI is InChI=1S/C29H28N2O3S/c1-19-11-14-24-25(15-19)31(23(16-27(32)33)13-12-21-8-4-3-5-9-21)29(34)30(24)17-22-18-35-26-10-6-7-20(2)28(22)26/h3-11,14-15,18,23H,12-13,16-17H2,1-2H3,(H,32,33). The minimum atomic E-state index is -0.900. The molecule has 6 heteroatoms. The monoisotopic (exact) mass is 484 g/mol. The molecule has 5 aromatic rings. The molecule has 2 aromatic heterocycles. The second kappa shape index (κ2) is 9.55. The summed E-state index contributed by atoms with van der Waals surface area (Å²) in [6.07, 6.45) is 1.18. The molecule has 0 aliphatic carbocycles. The molecule has 5 rings (SSSR count). The zero-order valence-electron chi connectivity index (χ0n) is 19.9. The van der Waals surface area contributed by atoms with Crippen molar-refractivity contribution in [2.45, 2.75) is 45.7 Å². The fourth-order valence-corrected chi connectivity index (χ4v) is 6.06. The molecule has 0 bridgehead atoms. The number of thiophene rings is 1. The van der Waals surface area contributed by atoms with Gasteiger partial charge in [0.1, 0.15) is 0 Å². The average molecular weight is 485 g/mol. The Morgan fingerprint density at radius 3 is 2.57 bits per heavy atom. The Morgan fingerprint density at radius 1 is 1.00 bits per heavy atom. The lowest BCUT2D eigenvalue weighted by molar-refractivity contribution is -0.137. The van der Waals surface area contributed by atoms with Crippen LogP contribution in [0.25, 0.3) is 21.1 Å². The molecule has 0 spiro atoms. The summed E-state index contributed by atoms with van der Waals surface area (Å²) in [6.45, 7) is 4.55. The largest absolute Gasteiger partial charge is 0.481 e. The summed E-state index contributed by atoms with van der Waals surface area (Å²) in [5.74, 6) is -0.900. The minimum Gasteiger partial charge on any atom is -0.481 e. The molecule has 0 fully saturated rings. The Hall–Kier alpha value is -3.64. The van der Waals surface area contributed by atoms with Gasteiger partial charge in [-0.3, -0.25) is 13.9 Å². The van der Waals surface area contributed by atoms with Crippen molar-refractivity contribution in [1.82, 2.24) is 9.13 Å². The number of carbonyl (C=O) groups is 1. The molecule has 1 atom stereocenters. The number of aliphatic carboxylic acids is 1. The van der Waals surface area contributed by atoms with E-state index in [1.54, 1.807) is 20.5 Å². The number of carboxylic acid groups (broad SMARTS) is 1. The molecule has 0 saturated heterocycles. The lowest BCUT2D eigenvalue weighted by Gasteiger charge is -2.17. The lowest BCUT2D eigenvalue weighted by atomic mass is 10.0. The number of rotatable bonds is 8. The van der Waals surface area contributed by atoms with Crippen LogP contribution in [0.15, 0.2) is 76.9 Å². The van der Waals surface area contributed by atoms with Gasteiger partial charge < -0.3 is 5.11 Å². The molecule has 1 unspecified atom stereocenters. The molecule has 178 valence electrons. The van der Waals surface area contributed by atoms with Crippen molar-refractivity contribution in [1.29, 1.82) is 0 Å². The third kappa shape index (κ3) is 4.54. The molecular weight excluding hydrogens is 456 g/mol. The van der Waals surface area contributed by atoms with Gasteiger partial charge in [0.15, 0.2) is 0 Å². The topological polar surface area (TPSA) is 64.2 Å². The van der Waals surface area contributed by atoms with Crippen LogP contribution in [0.3, 0.4) is 0 Å². The molecule has 0 aliphatic rings. The molecule has 0 aliphatic heterocycles. The van der Waals surface area contributed by atoms with Crippen molar-refractivity contribution < 1.29 is 9.90 Å². The Labute approximate surface area is 207 Å². The van der Waals surface area contributed by atoms with E-state index < -0.39 is 12.0 Å². The van der Waals surface area contributed by atoms with Crippen molar-refractivity contribution in [3.63, 3.8) is 0 Å². The Bertz CT molecular complexity index is 1580. The molecule has 2 heterocycles. The summed E-state index contributed by atoms with van der Waals surface area (Å²) < 4.78 is 4.74. The highest BCUT2D eigenvalue weighted by Crippen LogP contribution is 2.31. The van der Waals surface area contributed by atoms with E-state index in [1.807, 2.05) is 55.5 Å². The normalized spacial score (nSPS) is 12.4. The first-order chi connectivity index (χ1) is 16.9. The minimum absolute atomic E-state index is 0.0969. The van der Waals surface area contributed by atoms with Gasteiger partial charge in [-0.2, -0.15) is 0 Å². The molecular formula is C29H28N2O3S. The fraction of sp³-hybridized carbons (Fsp3) is 0.241. The van der Waals surface area contributed by atoms with E-state index in [4.69, 9.17) is 0 Å². The first kappa shape index (κ1) is 23.1. The van der Waals surface area contributed by atoms with E-state index >= 15 is 0 Å². The number of hydrogen-bond donors (Lipinski definition) is 1. The number of hydrogen-bond acceptors (Lipinski definition) is 3. The molecule has 0 radical (unpaired) electrons. The van der Waals surface area contributed by atoms with E-state index in [2.05, 4.69) is 30.5 Å². The predicted octanol–water partition coefficient (Wildman–Crippen LogP) is 6.33. The number of carboxylic acids is 1. The Morgan fingerprint density at radius 2 is 1.80 bits per heavy atom. The van der Waals surface area contributed by atoms with Gasteiger partial charge in [0.25, 0.3) is 0 Å². The van der Waals surface area contributed by atoms with Crippen LogP contribution < -0.4 is 5.69 Å². The van der Waals surface area contributed by atoms with Gasteiger partial charge in [0.2, 0.25) is 0 Å². The highest BCUT2D eigenvalue weighted by atomic mass is 32.1. The van der Waals surface area contributed by atoms with Crippen LogP contribution in [-0.4, -0.2) is 20.2 Å². The van der Waals surface area contributed by atoms with Crippen molar-refractivity contribution >= 4 is 38.4 Å². The molecule has 3 aromatic carbocycles. The number of nitrogens with zero attached hydrogens (tertiary/aromatic N) is 2. The summed E-state index contributed by atoms with van der Waals surface area (Å²) in [6, 6.07) is 21.8. The third-order valence-corrected chi connectivity index (χ3v) is 7.71. The maximum Gasteiger partial charge on any atom is 0.329 e. The van der Waals surface area contributed by atoms with Crippen LogP contribution >= 0.6 is 11.3 Å². The van der Waals surface area contributed by atoms with Crippen LogP contribution in [0.4, 0.5) is 0 Å². The highest BCUT2D eigenvalue weighted by molar-refractivity contribution is 7.17. The van der Waals surface area contributed by atoms with E-state index in [0.29, 0.717) is 19.4 Å². The zero-order valence-corrected chi connectivity index (χ0v) is 20.7. The number of imidazole rings is 1. The van der Waals surface area contributed by atoms with E-state index in [-0.39, 0.29) is 12.1 Å². The number of fused-ring (bicyclic) bond motifs is 2. The average Bonchev–Trinajstić information content (AvgIpc) is 3.37. The van der Waals surface area contributed by atoms with Crippen molar-refractivity contribution in [3.8, 4) is 0 Å². The van der Waals surface area contributed by atoms with Gasteiger partial charge in [-0.15, -0.1) is 11.3 Å². The first-order valence-electron chi connectivity index (χ1n) is 11.8. The molecule has 35 heavy (non-hydrogen) atoms.